The zero-order valence-electron chi connectivity index (χ0n) is 30.3. The Morgan fingerprint density at radius 2 is 1.65 bits per heavy atom. The van der Waals surface area contributed by atoms with E-state index in [4.69, 9.17) is 23.9 Å². The summed E-state index contributed by atoms with van der Waals surface area (Å²) in [4.78, 5) is 32.7. The Balaban J connectivity index is 1.35. The van der Waals surface area contributed by atoms with E-state index in [-0.39, 0.29) is 19.0 Å². The van der Waals surface area contributed by atoms with Crippen molar-refractivity contribution in [2.24, 2.45) is 0 Å². The number of morpholine rings is 1. The van der Waals surface area contributed by atoms with Crippen LogP contribution in [-0.4, -0.2) is 90.6 Å². The van der Waals surface area contributed by atoms with E-state index < -0.39 is 39.7 Å². The second-order valence-corrected chi connectivity index (χ2v) is 15.3. The van der Waals surface area contributed by atoms with Crippen LogP contribution in [0.5, 0.6) is 5.75 Å². The highest BCUT2D eigenvalue weighted by molar-refractivity contribution is 7.88. The van der Waals surface area contributed by atoms with E-state index in [1.807, 2.05) is 69.4 Å². The minimum Gasteiger partial charge on any atom is -0.494 e. The number of sulfonamides is 1. The predicted molar refractivity (Wildman–Crippen MR) is 201 cm³/mol. The number of anilines is 2. The van der Waals surface area contributed by atoms with Gasteiger partial charge in [0.2, 0.25) is 10.0 Å². The van der Waals surface area contributed by atoms with Gasteiger partial charge < -0.3 is 29.6 Å². The molecule has 14 heteroatoms. The zero-order chi connectivity index (χ0) is 37.3. The average molecular weight is 734 g/mol. The second kappa shape index (κ2) is 17.3. The molecule has 0 bridgehead atoms. The maximum Gasteiger partial charge on any atom is 0.323 e. The van der Waals surface area contributed by atoms with Crippen LogP contribution in [0.4, 0.5) is 16.2 Å². The molecule has 2 amide bonds. The van der Waals surface area contributed by atoms with Gasteiger partial charge in [0.1, 0.15) is 18.9 Å². The summed E-state index contributed by atoms with van der Waals surface area (Å²) in [6.45, 7) is 9.63. The molecule has 0 unspecified atom stereocenters. The number of fused-ring (bicyclic) bond motifs is 1. The molecule has 4 aromatic rings. The van der Waals surface area contributed by atoms with E-state index in [2.05, 4.69) is 26.3 Å². The minimum atomic E-state index is -4.01. The number of rotatable bonds is 14. The number of ether oxygens (including phenoxy) is 4. The first-order chi connectivity index (χ1) is 24.9. The lowest BCUT2D eigenvalue weighted by Crippen LogP contribution is -2.35. The molecule has 1 aromatic heterocycles. The van der Waals surface area contributed by atoms with E-state index in [0.717, 1.165) is 66.0 Å². The maximum absolute atomic E-state index is 13.6. The van der Waals surface area contributed by atoms with E-state index in [1.165, 1.54) is 14.2 Å². The van der Waals surface area contributed by atoms with Gasteiger partial charge in [0.05, 0.1) is 49.8 Å². The lowest BCUT2D eigenvalue weighted by molar-refractivity contribution is -0.143. The van der Waals surface area contributed by atoms with E-state index in [9.17, 15) is 18.0 Å². The van der Waals surface area contributed by atoms with Crippen molar-refractivity contribution < 1.29 is 37.0 Å². The summed E-state index contributed by atoms with van der Waals surface area (Å²) in [5.74, 6) is -1.05. The van der Waals surface area contributed by atoms with Crippen LogP contribution in [0.15, 0.2) is 66.9 Å². The quantitative estimate of drug-likeness (QED) is 0.115. The molecule has 1 aliphatic heterocycles. The Morgan fingerprint density at radius 3 is 2.33 bits per heavy atom. The topological polar surface area (TPSA) is 157 Å². The van der Waals surface area contributed by atoms with Crippen LogP contribution in [0.3, 0.4) is 0 Å². The number of urea groups is 1. The number of aromatic nitrogens is 1. The van der Waals surface area contributed by atoms with Crippen LogP contribution < -0.4 is 20.1 Å². The van der Waals surface area contributed by atoms with Crippen molar-refractivity contribution in [1.82, 2.24) is 14.6 Å². The van der Waals surface area contributed by atoms with Gasteiger partial charge in [-0.2, -0.15) is 0 Å². The number of pyridine rings is 1. The largest absolute Gasteiger partial charge is 0.494 e. The van der Waals surface area contributed by atoms with Crippen molar-refractivity contribution >= 4 is 44.2 Å². The van der Waals surface area contributed by atoms with E-state index in [1.54, 1.807) is 12.1 Å². The summed E-state index contributed by atoms with van der Waals surface area (Å²) < 4.78 is 49.4. The van der Waals surface area contributed by atoms with Gasteiger partial charge in [-0.25, -0.2) is 17.9 Å². The number of hydrogen-bond donors (Lipinski definition) is 3. The Hall–Kier alpha value is -4.60. The lowest BCUT2D eigenvalue weighted by Gasteiger charge is -2.26. The van der Waals surface area contributed by atoms with Gasteiger partial charge in [0.15, 0.2) is 0 Å². The fraction of sp³-hybridized carbons (Fsp3) is 0.395. The number of carbonyl (C=O) groups excluding carboxylic acids is 2. The number of methoxy groups -OCH3 is 2. The molecular weight excluding hydrogens is 687 g/mol. The molecule has 0 saturated carbocycles. The van der Waals surface area contributed by atoms with Gasteiger partial charge in [-0.05, 0) is 40.1 Å². The normalized spacial score (nSPS) is 13.9. The van der Waals surface area contributed by atoms with Crippen LogP contribution in [-0.2, 0) is 46.7 Å². The van der Waals surface area contributed by atoms with Crippen molar-refractivity contribution in [3.63, 3.8) is 0 Å². The van der Waals surface area contributed by atoms with Gasteiger partial charge in [0.25, 0.3) is 0 Å². The van der Waals surface area contributed by atoms with Crippen LogP contribution in [0.2, 0.25) is 0 Å². The van der Waals surface area contributed by atoms with Crippen LogP contribution in [0, 0.1) is 0 Å². The number of carbonyl (C=O) groups is 2. The third-order valence-corrected chi connectivity index (χ3v) is 9.89. The average Bonchev–Trinajstić information content (AvgIpc) is 3.11. The van der Waals surface area contributed by atoms with Crippen molar-refractivity contribution in [3.05, 3.63) is 83.7 Å². The molecule has 0 radical (unpaired) electrons. The predicted octanol–water partition coefficient (Wildman–Crippen LogP) is 5.29. The molecule has 52 heavy (non-hydrogen) atoms. The molecule has 0 spiro atoms. The molecule has 1 saturated heterocycles. The first-order valence-corrected chi connectivity index (χ1v) is 18.7. The summed E-state index contributed by atoms with van der Waals surface area (Å²) in [5, 5.41) is 7.63. The summed E-state index contributed by atoms with van der Waals surface area (Å²) in [6.07, 6.45) is 1.88. The number of nitrogens with zero attached hydrogens (tertiary/aromatic N) is 2. The lowest BCUT2D eigenvalue weighted by atomic mass is 9.85. The molecule has 278 valence electrons. The molecule has 1 aliphatic rings. The van der Waals surface area contributed by atoms with Crippen molar-refractivity contribution in [2.45, 2.75) is 38.5 Å². The molecule has 3 aromatic carbocycles. The Bertz CT molecular complexity index is 1970. The highest BCUT2D eigenvalue weighted by Crippen LogP contribution is 2.37. The molecule has 1 fully saturated rings. The molecule has 2 heterocycles. The number of esters is 1. The third kappa shape index (κ3) is 10.3. The third-order valence-electron chi connectivity index (χ3n) is 8.61. The zero-order valence-corrected chi connectivity index (χ0v) is 31.1. The summed E-state index contributed by atoms with van der Waals surface area (Å²) in [7, 11) is -1.14. The van der Waals surface area contributed by atoms with Crippen LogP contribution in [0.25, 0.3) is 21.9 Å². The molecule has 5 rings (SSSR count). The van der Waals surface area contributed by atoms with Crippen molar-refractivity contribution in [3.8, 4) is 16.9 Å². The van der Waals surface area contributed by atoms with Crippen LogP contribution in [0.1, 0.15) is 37.6 Å². The number of benzene rings is 3. The number of nitrogens with one attached hydrogen (secondary N) is 3. The SMILES string of the molecule is COCCOC(=O)CNS(=O)(=O)Cc1cc(C(C)(C)C)cc(NC(=O)Nc2ccc(-c3ccc(CN4CCOCC4)nc3)c3ccccc23)c1OC. The fourth-order valence-corrected chi connectivity index (χ4v) is 6.94. The van der Waals surface area contributed by atoms with Gasteiger partial charge in [-0.3, -0.25) is 14.7 Å². The smallest absolute Gasteiger partial charge is 0.323 e. The van der Waals surface area contributed by atoms with Crippen LogP contribution >= 0.6 is 0 Å². The Kier molecular flexibility index (Phi) is 12.8. The van der Waals surface area contributed by atoms with Crippen molar-refractivity contribution in [1.29, 1.82) is 0 Å². The first kappa shape index (κ1) is 38.6. The highest BCUT2D eigenvalue weighted by Gasteiger charge is 2.25. The number of hydrogen-bond acceptors (Lipinski definition) is 10. The Labute approximate surface area is 305 Å². The van der Waals surface area contributed by atoms with Crippen molar-refractivity contribution in [2.75, 3.05) is 70.9 Å². The minimum absolute atomic E-state index is 0.0108. The molecule has 0 atom stereocenters. The standard InChI is InChI=1S/C38H47N5O8S/c1-38(2,3)28-20-27(25-52(46,47)40-23-35(44)51-19-18-48-4)36(49-5)34(21-28)42-37(45)41-33-13-12-30(31-8-6-7-9-32(31)33)26-10-11-29(39-22-26)24-43-14-16-50-17-15-43/h6-13,20-22,40H,14-19,23-25H2,1-5H3,(H2,41,42,45). The van der Waals surface area contributed by atoms with E-state index in [0.29, 0.717) is 16.9 Å². The molecule has 13 nitrogen and oxygen atoms in total. The molecule has 3 N–H and O–H groups in total. The Morgan fingerprint density at radius 1 is 0.923 bits per heavy atom. The summed E-state index contributed by atoms with van der Waals surface area (Å²) >= 11 is 0. The van der Waals surface area contributed by atoms with Gasteiger partial charge in [0, 0.05) is 49.5 Å². The van der Waals surface area contributed by atoms with E-state index >= 15 is 0 Å². The monoisotopic (exact) mass is 733 g/mol. The molecular formula is C38H47N5O8S. The maximum atomic E-state index is 13.6. The molecule has 0 aliphatic carbocycles. The summed E-state index contributed by atoms with van der Waals surface area (Å²) in [5.41, 5.74) is 4.49. The first-order valence-electron chi connectivity index (χ1n) is 17.1. The van der Waals surface area contributed by atoms with Gasteiger partial charge in [-0.1, -0.05) is 63.2 Å². The highest BCUT2D eigenvalue weighted by atomic mass is 32.2. The number of amides is 2. The second-order valence-electron chi connectivity index (χ2n) is 13.5. The van der Waals surface area contributed by atoms with Gasteiger partial charge in [-0.15, -0.1) is 0 Å². The van der Waals surface area contributed by atoms with Gasteiger partial charge >= 0.3 is 12.0 Å². The fourth-order valence-electron chi connectivity index (χ4n) is 5.88. The summed E-state index contributed by atoms with van der Waals surface area (Å²) in [6, 6.07) is 18.7.